The zero-order chi connectivity index (χ0) is 15.3. The molecule has 0 aromatic heterocycles. The van der Waals surface area contributed by atoms with Gasteiger partial charge in [-0.3, -0.25) is 9.00 Å². The number of carboxylic acid groups (broad SMARTS) is 1. The molecule has 1 rings (SSSR count). The fourth-order valence-electron chi connectivity index (χ4n) is 1.67. The van der Waals surface area contributed by atoms with Crippen molar-refractivity contribution >= 4 is 22.7 Å². The van der Waals surface area contributed by atoms with Gasteiger partial charge in [0.05, 0.1) is 16.4 Å². The fraction of sp³-hybridized carbons (Fsp3) is 0.385. The summed E-state index contributed by atoms with van der Waals surface area (Å²) in [4.78, 5) is 24.3. The second kappa shape index (κ2) is 7.14. The first-order chi connectivity index (χ1) is 9.40. The van der Waals surface area contributed by atoms with E-state index in [9.17, 15) is 18.2 Å². The summed E-state index contributed by atoms with van der Waals surface area (Å²) in [7, 11) is -1.69. The number of hydrogen-bond donors (Lipinski definition) is 1. The lowest BCUT2D eigenvalue weighted by atomic mass is 10.2. The number of nitrogens with zero attached hydrogens (tertiary/aromatic N) is 1. The minimum Gasteiger partial charge on any atom is -0.478 e. The summed E-state index contributed by atoms with van der Waals surface area (Å²) in [6, 6.07) is 3.18. The maximum absolute atomic E-state index is 13.2. The van der Waals surface area contributed by atoms with Crippen LogP contribution in [0.15, 0.2) is 23.1 Å². The summed E-state index contributed by atoms with van der Waals surface area (Å²) >= 11 is 0. The van der Waals surface area contributed by atoms with Crippen LogP contribution in [0.5, 0.6) is 0 Å². The molecule has 0 saturated heterocycles. The molecule has 0 radical (unpaired) electrons. The molecule has 0 bridgehead atoms. The second-order valence-electron chi connectivity index (χ2n) is 4.00. The Hall–Kier alpha value is -1.76. The summed E-state index contributed by atoms with van der Waals surface area (Å²) in [5.41, 5.74) is -0.550. The minimum atomic E-state index is -1.69. The number of carbonyl (C=O) groups is 2. The number of amides is 1. The lowest BCUT2D eigenvalue weighted by molar-refractivity contribution is -0.128. The van der Waals surface area contributed by atoms with E-state index in [1.54, 1.807) is 0 Å². The van der Waals surface area contributed by atoms with Gasteiger partial charge in [0.2, 0.25) is 5.91 Å². The number of benzene rings is 1. The molecule has 0 fully saturated rings. The molecule has 1 amide bonds. The number of carboxylic acids is 1. The third-order valence-electron chi connectivity index (χ3n) is 2.80. The number of halogens is 1. The van der Waals surface area contributed by atoms with Crippen LogP contribution >= 0.6 is 0 Å². The van der Waals surface area contributed by atoms with Crippen molar-refractivity contribution in [3.8, 4) is 0 Å². The van der Waals surface area contributed by atoms with Crippen LogP contribution in [0.3, 0.4) is 0 Å². The van der Waals surface area contributed by atoms with Crippen molar-refractivity contribution in [2.24, 2.45) is 0 Å². The Morgan fingerprint density at radius 1 is 1.30 bits per heavy atom. The van der Waals surface area contributed by atoms with Crippen LogP contribution < -0.4 is 0 Å². The maximum atomic E-state index is 13.2. The van der Waals surface area contributed by atoms with Gasteiger partial charge in [0.15, 0.2) is 0 Å². The molecule has 20 heavy (non-hydrogen) atoms. The molecule has 0 spiro atoms. The largest absolute Gasteiger partial charge is 0.478 e. The van der Waals surface area contributed by atoms with E-state index in [0.717, 1.165) is 12.1 Å². The first kappa shape index (κ1) is 16.3. The maximum Gasteiger partial charge on any atom is 0.338 e. The highest BCUT2D eigenvalue weighted by atomic mass is 32.2. The summed E-state index contributed by atoms with van der Waals surface area (Å²) in [5, 5.41) is 8.80. The first-order valence-corrected chi connectivity index (χ1v) is 7.41. The van der Waals surface area contributed by atoms with E-state index in [0.29, 0.717) is 13.1 Å². The third kappa shape index (κ3) is 3.86. The highest BCUT2D eigenvalue weighted by molar-refractivity contribution is 7.85. The average molecular weight is 301 g/mol. The van der Waals surface area contributed by atoms with Gasteiger partial charge in [0, 0.05) is 18.0 Å². The Morgan fingerprint density at radius 3 is 2.40 bits per heavy atom. The molecular formula is C13H16FNO4S. The van der Waals surface area contributed by atoms with Crippen LogP contribution in [0.25, 0.3) is 0 Å². The Kier molecular flexibility index (Phi) is 5.82. The minimum absolute atomic E-state index is 0.129. The molecule has 5 nitrogen and oxygen atoms in total. The van der Waals surface area contributed by atoms with E-state index >= 15 is 0 Å². The quantitative estimate of drug-likeness (QED) is 0.864. The summed E-state index contributed by atoms with van der Waals surface area (Å²) in [6.45, 7) is 4.64. The van der Waals surface area contributed by atoms with Gasteiger partial charge in [-0.05, 0) is 32.0 Å². The van der Waals surface area contributed by atoms with E-state index in [2.05, 4.69) is 0 Å². The van der Waals surface area contributed by atoms with Gasteiger partial charge in [-0.25, -0.2) is 9.18 Å². The van der Waals surface area contributed by atoms with E-state index in [1.165, 1.54) is 11.0 Å². The first-order valence-electron chi connectivity index (χ1n) is 6.09. The van der Waals surface area contributed by atoms with Crippen LogP contribution in [-0.4, -0.2) is 44.9 Å². The zero-order valence-electron chi connectivity index (χ0n) is 11.3. The van der Waals surface area contributed by atoms with Gasteiger partial charge in [-0.15, -0.1) is 0 Å². The number of aromatic carboxylic acids is 1. The summed E-state index contributed by atoms with van der Waals surface area (Å²) < 4.78 is 25.3. The highest BCUT2D eigenvalue weighted by Gasteiger charge is 2.18. The molecule has 0 heterocycles. The van der Waals surface area contributed by atoms with Crippen LogP contribution in [0.1, 0.15) is 24.2 Å². The molecule has 0 saturated carbocycles. The molecule has 1 aromatic carbocycles. The molecule has 1 atom stereocenters. The van der Waals surface area contributed by atoms with Crippen LogP contribution in [-0.2, 0) is 15.6 Å². The molecule has 0 aliphatic carbocycles. The van der Waals surface area contributed by atoms with Crippen molar-refractivity contribution in [3.63, 3.8) is 0 Å². The van der Waals surface area contributed by atoms with E-state index < -0.39 is 28.1 Å². The van der Waals surface area contributed by atoms with Gasteiger partial charge in [0.25, 0.3) is 0 Å². The van der Waals surface area contributed by atoms with Crippen molar-refractivity contribution in [1.29, 1.82) is 0 Å². The molecule has 7 heteroatoms. The topological polar surface area (TPSA) is 74.7 Å². The van der Waals surface area contributed by atoms with Crippen molar-refractivity contribution in [1.82, 2.24) is 4.90 Å². The second-order valence-corrected chi connectivity index (χ2v) is 5.45. The van der Waals surface area contributed by atoms with E-state index in [1.807, 2.05) is 13.8 Å². The van der Waals surface area contributed by atoms with Crippen molar-refractivity contribution < 1.29 is 23.3 Å². The van der Waals surface area contributed by atoms with Gasteiger partial charge < -0.3 is 10.0 Å². The smallest absolute Gasteiger partial charge is 0.338 e. The third-order valence-corrected chi connectivity index (χ3v) is 4.09. The summed E-state index contributed by atoms with van der Waals surface area (Å²) in [5.74, 6) is -2.86. The normalized spacial score (nSPS) is 11.9. The Bertz CT molecular complexity index is 543. The van der Waals surface area contributed by atoms with E-state index in [4.69, 9.17) is 5.11 Å². The number of rotatable bonds is 6. The van der Waals surface area contributed by atoms with Gasteiger partial charge in [-0.2, -0.15) is 0 Å². The van der Waals surface area contributed by atoms with Gasteiger partial charge in [0.1, 0.15) is 11.6 Å². The predicted octanol–water partition coefficient (Wildman–Crippen LogP) is 1.50. The SMILES string of the molecule is CCN(CC)C(=O)CS(=O)c1ccc(F)c(C(=O)O)c1. The number of hydrogen-bond acceptors (Lipinski definition) is 3. The number of carbonyl (C=O) groups excluding carboxylic acids is 1. The van der Waals surface area contributed by atoms with E-state index in [-0.39, 0.29) is 16.6 Å². The molecular weight excluding hydrogens is 285 g/mol. The molecule has 110 valence electrons. The molecule has 1 aromatic rings. The molecule has 0 aliphatic heterocycles. The summed E-state index contributed by atoms with van der Waals surface area (Å²) in [6.07, 6.45) is 0. The zero-order valence-corrected chi connectivity index (χ0v) is 12.1. The van der Waals surface area contributed by atoms with Gasteiger partial charge in [-0.1, -0.05) is 0 Å². The van der Waals surface area contributed by atoms with Crippen molar-refractivity contribution in [3.05, 3.63) is 29.6 Å². The van der Waals surface area contributed by atoms with Crippen LogP contribution in [0.2, 0.25) is 0 Å². The fourth-order valence-corrected chi connectivity index (χ4v) is 2.72. The average Bonchev–Trinajstić information content (AvgIpc) is 2.40. The standard InChI is InChI=1S/C13H16FNO4S/c1-3-15(4-2)12(16)8-20(19)9-5-6-11(14)10(7-9)13(17)18/h5-7H,3-4,8H2,1-2H3,(H,17,18). The van der Waals surface area contributed by atoms with Crippen LogP contribution in [0.4, 0.5) is 4.39 Å². The monoisotopic (exact) mass is 301 g/mol. The van der Waals surface area contributed by atoms with Crippen LogP contribution in [0, 0.1) is 5.82 Å². The van der Waals surface area contributed by atoms with Gasteiger partial charge >= 0.3 is 5.97 Å². The van der Waals surface area contributed by atoms with Crippen molar-refractivity contribution in [2.75, 3.05) is 18.8 Å². The highest BCUT2D eigenvalue weighted by Crippen LogP contribution is 2.14. The van der Waals surface area contributed by atoms with Crippen molar-refractivity contribution in [2.45, 2.75) is 18.7 Å². The lowest BCUT2D eigenvalue weighted by Crippen LogP contribution is -2.34. The predicted molar refractivity (Wildman–Crippen MR) is 72.6 cm³/mol. The Morgan fingerprint density at radius 2 is 1.90 bits per heavy atom. The Balaban J connectivity index is 2.91. The lowest BCUT2D eigenvalue weighted by Gasteiger charge is -2.18. The molecule has 1 N–H and O–H groups in total. The Labute approximate surface area is 118 Å². The molecule has 1 unspecified atom stereocenters. The molecule has 0 aliphatic rings.